The molecule has 2 aromatic rings. The molecule has 2 rings (SSSR count). The molecule has 0 saturated heterocycles. The van der Waals surface area contributed by atoms with Crippen molar-refractivity contribution in [3.05, 3.63) is 30.1 Å². The van der Waals surface area contributed by atoms with Gasteiger partial charge in [-0.15, -0.1) is 0 Å². The van der Waals surface area contributed by atoms with Crippen LogP contribution in [0.5, 0.6) is 11.5 Å². The molecule has 6 heteroatoms. The second-order valence-corrected chi connectivity index (χ2v) is 3.93. The van der Waals surface area contributed by atoms with Gasteiger partial charge in [0.15, 0.2) is 0 Å². The van der Waals surface area contributed by atoms with E-state index in [2.05, 4.69) is 4.98 Å². The van der Waals surface area contributed by atoms with Crippen LogP contribution in [0.1, 0.15) is 10.5 Å². The zero-order valence-corrected chi connectivity index (χ0v) is 10.9. The van der Waals surface area contributed by atoms with Crippen molar-refractivity contribution in [3.63, 3.8) is 0 Å². The largest absolute Gasteiger partial charge is 0.497 e. The molecule has 0 spiro atoms. The Kier molecular flexibility index (Phi) is 3.41. The predicted molar refractivity (Wildman–Crippen MR) is 68.7 cm³/mol. The third-order valence-corrected chi connectivity index (χ3v) is 2.82. The highest BCUT2D eigenvalue weighted by Crippen LogP contribution is 2.29. The molecule has 0 fully saturated rings. The highest BCUT2D eigenvalue weighted by atomic mass is 16.5. The number of nitrogens with zero attached hydrogens (tertiary/aromatic N) is 2. The average Bonchev–Trinajstić information content (AvgIpc) is 2.80. The molecular formula is C13H14N2O4. The first-order chi connectivity index (χ1) is 9.06. The van der Waals surface area contributed by atoms with E-state index in [4.69, 9.17) is 14.6 Å². The minimum atomic E-state index is -1.02. The SMILES string of the molecule is COc1cc(OC)cc(-c2ncc(C(=O)O)n2C)c1. The van der Waals surface area contributed by atoms with Crippen LogP contribution in [-0.4, -0.2) is 34.8 Å². The Morgan fingerprint density at radius 2 is 1.79 bits per heavy atom. The molecule has 0 aliphatic rings. The summed E-state index contributed by atoms with van der Waals surface area (Å²) in [6, 6.07) is 5.29. The van der Waals surface area contributed by atoms with E-state index in [1.165, 1.54) is 10.8 Å². The third kappa shape index (κ3) is 2.37. The fourth-order valence-corrected chi connectivity index (χ4v) is 1.81. The van der Waals surface area contributed by atoms with E-state index in [1.807, 2.05) is 0 Å². The zero-order chi connectivity index (χ0) is 14.0. The number of aromatic carboxylic acids is 1. The number of methoxy groups -OCH3 is 2. The van der Waals surface area contributed by atoms with Crippen molar-refractivity contribution in [3.8, 4) is 22.9 Å². The maximum atomic E-state index is 11.0. The van der Waals surface area contributed by atoms with Gasteiger partial charge in [0.1, 0.15) is 23.0 Å². The van der Waals surface area contributed by atoms with Gasteiger partial charge in [0.25, 0.3) is 0 Å². The summed E-state index contributed by atoms with van der Waals surface area (Å²) in [7, 11) is 4.76. The lowest BCUT2D eigenvalue weighted by molar-refractivity contribution is 0.0686. The molecule has 0 atom stereocenters. The van der Waals surface area contributed by atoms with Crippen LogP contribution in [0.15, 0.2) is 24.4 Å². The maximum absolute atomic E-state index is 11.0. The highest BCUT2D eigenvalue weighted by molar-refractivity contribution is 5.86. The van der Waals surface area contributed by atoms with Gasteiger partial charge < -0.3 is 19.1 Å². The van der Waals surface area contributed by atoms with Gasteiger partial charge in [-0.05, 0) is 12.1 Å². The second kappa shape index (κ2) is 5.01. The van der Waals surface area contributed by atoms with Crippen LogP contribution >= 0.6 is 0 Å². The Morgan fingerprint density at radius 1 is 1.21 bits per heavy atom. The van der Waals surface area contributed by atoms with Gasteiger partial charge >= 0.3 is 5.97 Å². The van der Waals surface area contributed by atoms with Crippen LogP contribution < -0.4 is 9.47 Å². The third-order valence-electron chi connectivity index (χ3n) is 2.82. The quantitative estimate of drug-likeness (QED) is 0.909. The maximum Gasteiger partial charge on any atom is 0.354 e. The molecule has 0 saturated carbocycles. The Hall–Kier alpha value is -2.50. The molecule has 0 amide bonds. The molecule has 0 radical (unpaired) electrons. The predicted octanol–water partition coefficient (Wildman–Crippen LogP) is 1.80. The molecule has 1 heterocycles. The molecule has 0 unspecified atom stereocenters. The van der Waals surface area contributed by atoms with Crippen LogP contribution in [-0.2, 0) is 7.05 Å². The van der Waals surface area contributed by atoms with Crippen molar-refractivity contribution in [2.24, 2.45) is 7.05 Å². The first kappa shape index (κ1) is 12.9. The van der Waals surface area contributed by atoms with E-state index in [9.17, 15) is 4.79 Å². The van der Waals surface area contributed by atoms with Crippen molar-refractivity contribution >= 4 is 5.97 Å². The van der Waals surface area contributed by atoms with Gasteiger partial charge in [-0.2, -0.15) is 0 Å². The zero-order valence-electron chi connectivity index (χ0n) is 10.9. The minimum Gasteiger partial charge on any atom is -0.497 e. The molecule has 0 bridgehead atoms. The summed E-state index contributed by atoms with van der Waals surface area (Å²) in [6.07, 6.45) is 1.32. The van der Waals surface area contributed by atoms with Crippen LogP contribution in [0.2, 0.25) is 0 Å². The number of rotatable bonds is 4. The van der Waals surface area contributed by atoms with Gasteiger partial charge in [0.05, 0.1) is 20.4 Å². The lowest BCUT2D eigenvalue weighted by atomic mass is 10.2. The van der Waals surface area contributed by atoms with E-state index in [0.717, 1.165) is 5.56 Å². The molecular weight excluding hydrogens is 248 g/mol. The van der Waals surface area contributed by atoms with Crippen LogP contribution in [0.4, 0.5) is 0 Å². The fourth-order valence-electron chi connectivity index (χ4n) is 1.81. The summed E-state index contributed by atoms with van der Waals surface area (Å²) in [5, 5.41) is 9.02. The Bertz CT molecular complexity index is 597. The van der Waals surface area contributed by atoms with Crippen LogP contribution in [0.25, 0.3) is 11.4 Å². The molecule has 100 valence electrons. The Morgan fingerprint density at radius 3 is 2.21 bits per heavy atom. The number of carboxylic acids is 1. The number of benzene rings is 1. The summed E-state index contributed by atoms with van der Waals surface area (Å²) in [5.74, 6) is 0.758. The number of aromatic nitrogens is 2. The summed E-state index contributed by atoms with van der Waals surface area (Å²) in [4.78, 5) is 15.1. The number of carboxylic acid groups (broad SMARTS) is 1. The Balaban J connectivity index is 2.55. The van der Waals surface area contributed by atoms with E-state index < -0.39 is 5.97 Å². The van der Waals surface area contributed by atoms with E-state index in [-0.39, 0.29) is 5.69 Å². The molecule has 0 aliphatic heterocycles. The van der Waals surface area contributed by atoms with Gasteiger partial charge in [-0.25, -0.2) is 9.78 Å². The molecule has 0 aliphatic carbocycles. The van der Waals surface area contributed by atoms with Gasteiger partial charge in [-0.1, -0.05) is 0 Å². The molecule has 6 nitrogen and oxygen atoms in total. The van der Waals surface area contributed by atoms with Crippen molar-refractivity contribution in [1.82, 2.24) is 9.55 Å². The number of imidazole rings is 1. The van der Waals surface area contributed by atoms with Crippen molar-refractivity contribution in [2.45, 2.75) is 0 Å². The lowest BCUT2D eigenvalue weighted by Crippen LogP contribution is -2.05. The average molecular weight is 262 g/mol. The van der Waals surface area contributed by atoms with E-state index in [0.29, 0.717) is 17.3 Å². The topological polar surface area (TPSA) is 73.6 Å². The number of carbonyl (C=O) groups is 1. The normalized spacial score (nSPS) is 10.3. The molecule has 1 aromatic carbocycles. The second-order valence-electron chi connectivity index (χ2n) is 3.93. The monoisotopic (exact) mass is 262 g/mol. The summed E-state index contributed by atoms with van der Waals surface area (Å²) in [5.41, 5.74) is 0.850. The number of hydrogen-bond donors (Lipinski definition) is 1. The first-order valence-corrected chi connectivity index (χ1v) is 5.55. The number of ether oxygens (including phenoxy) is 2. The van der Waals surface area contributed by atoms with Crippen molar-refractivity contribution in [1.29, 1.82) is 0 Å². The van der Waals surface area contributed by atoms with Gasteiger partial charge in [0.2, 0.25) is 0 Å². The summed E-state index contributed by atoms with van der Waals surface area (Å²) in [6.45, 7) is 0. The molecule has 1 N–H and O–H groups in total. The van der Waals surface area contributed by atoms with Crippen molar-refractivity contribution in [2.75, 3.05) is 14.2 Å². The summed E-state index contributed by atoms with van der Waals surface area (Å²) >= 11 is 0. The molecule has 1 aromatic heterocycles. The molecule has 19 heavy (non-hydrogen) atoms. The minimum absolute atomic E-state index is 0.122. The first-order valence-electron chi connectivity index (χ1n) is 5.55. The Labute approximate surface area is 110 Å². The standard InChI is InChI=1S/C13H14N2O4/c1-15-11(13(16)17)7-14-12(15)8-4-9(18-2)6-10(5-8)19-3/h4-7H,1-3H3,(H,16,17). The van der Waals surface area contributed by atoms with Crippen LogP contribution in [0, 0.1) is 0 Å². The smallest absolute Gasteiger partial charge is 0.354 e. The van der Waals surface area contributed by atoms with Gasteiger partial charge in [0, 0.05) is 18.7 Å². The fraction of sp³-hybridized carbons (Fsp3) is 0.231. The lowest BCUT2D eigenvalue weighted by Gasteiger charge is -2.08. The van der Waals surface area contributed by atoms with Crippen molar-refractivity contribution < 1.29 is 19.4 Å². The van der Waals surface area contributed by atoms with Gasteiger partial charge in [-0.3, -0.25) is 0 Å². The summed E-state index contributed by atoms with van der Waals surface area (Å²) < 4.78 is 11.9. The van der Waals surface area contributed by atoms with E-state index >= 15 is 0 Å². The number of hydrogen-bond acceptors (Lipinski definition) is 4. The van der Waals surface area contributed by atoms with E-state index in [1.54, 1.807) is 39.5 Å². The van der Waals surface area contributed by atoms with Crippen LogP contribution in [0.3, 0.4) is 0 Å². The highest BCUT2D eigenvalue weighted by Gasteiger charge is 2.15.